The molecule has 0 saturated carbocycles. The highest BCUT2D eigenvalue weighted by atomic mass is 16.4. The van der Waals surface area contributed by atoms with E-state index in [1.165, 1.54) is 0 Å². The Morgan fingerprint density at radius 3 is 2.44 bits per heavy atom. The van der Waals surface area contributed by atoms with Crippen molar-refractivity contribution in [2.75, 3.05) is 17.7 Å². The standard InChI is InChI=1S/C25H22N4O3/c1-26-24-20(14-23(30)31)15-27-22(29-24)12-16-6-10-21(11-7-16)28-25(32)19-9-8-17-4-2-3-5-18(17)13-19/h2-11,13,15H,12,14H2,1H3,(H,28,32)(H,30,31)(H,26,27,29). The molecule has 0 radical (unpaired) electrons. The summed E-state index contributed by atoms with van der Waals surface area (Å²) in [5.74, 6) is -0.00759. The highest BCUT2D eigenvalue weighted by molar-refractivity contribution is 6.06. The molecular weight excluding hydrogens is 404 g/mol. The Morgan fingerprint density at radius 2 is 1.72 bits per heavy atom. The van der Waals surface area contributed by atoms with Crippen LogP contribution in [0.3, 0.4) is 0 Å². The third-order valence-corrected chi connectivity index (χ3v) is 5.08. The van der Waals surface area contributed by atoms with Gasteiger partial charge in [0.2, 0.25) is 0 Å². The molecule has 0 unspecified atom stereocenters. The minimum absolute atomic E-state index is 0.137. The molecule has 3 aromatic carbocycles. The van der Waals surface area contributed by atoms with E-state index in [1.807, 2.05) is 66.7 Å². The van der Waals surface area contributed by atoms with Crippen molar-refractivity contribution in [3.05, 3.63) is 95.4 Å². The van der Waals surface area contributed by atoms with E-state index in [4.69, 9.17) is 5.11 Å². The Kier molecular flexibility index (Phi) is 6.07. The second-order valence-electron chi connectivity index (χ2n) is 7.37. The molecule has 32 heavy (non-hydrogen) atoms. The number of carbonyl (C=O) groups is 2. The summed E-state index contributed by atoms with van der Waals surface area (Å²) in [6.45, 7) is 0. The van der Waals surface area contributed by atoms with Gasteiger partial charge in [0.1, 0.15) is 11.6 Å². The molecular formula is C25H22N4O3. The molecule has 0 spiro atoms. The molecule has 3 N–H and O–H groups in total. The maximum Gasteiger partial charge on any atom is 0.308 e. The van der Waals surface area contributed by atoms with Crippen molar-refractivity contribution in [3.63, 3.8) is 0 Å². The second kappa shape index (κ2) is 9.26. The van der Waals surface area contributed by atoms with Gasteiger partial charge in [-0.1, -0.05) is 42.5 Å². The van der Waals surface area contributed by atoms with Crippen LogP contribution in [0.4, 0.5) is 11.5 Å². The fourth-order valence-electron chi connectivity index (χ4n) is 3.46. The number of carbonyl (C=O) groups excluding carboxylic acids is 1. The van der Waals surface area contributed by atoms with E-state index in [1.54, 1.807) is 13.2 Å². The van der Waals surface area contributed by atoms with Crippen LogP contribution in [-0.2, 0) is 17.6 Å². The van der Waals surface area contributed by atoms with Crippen molar-refractivity contribution in [2.45, 2.75) is 12.8 Å². The van der Waals surface area contributed by atoms with Gasteiger partial charge in [-0.15, -0.1) is 0 Å². The van der Waals surface area contributed by atoms with E-state index in [0.717, 1.165) is 16.3 Å². The molecule has 4 aromatic rings. The monoisotopic (exact) mass is 426 g/mol. The SMILES string of the molecule is CNc1nc(Cc2ccc(NC(=O)c3ccc4ccccc4c3)cc2)ncc1CC(=O)O. The van der Waals surface area contributed by atoms with Crippen LogP contribution < -0.4 is 10.6 Å². The number of hydrogen-bond donors (Lipinski definition) is 3. The molecule has 1 amide bonds. The third kappa shape index (κ3) is 4.89. The number of nitrogens with one attached hydrogen (secondary N) is 2. The smallest absolute Gasteiger partial charge is 0.308 e. The van der Waals surface area contributed by atoms with Gasteiger partial charge in [0.15, 0.2) is 0 Å². The maximum atomic E-state index is 12.6. The summed E-state index contributed by atoms with van der Waals surface area (Å²) < 4.78 is 0. The highest BCUT2D eigenvalue weighted by Crippen LogP contribution is 2.19. The predicted octanol–water partition coefficient (Wildman–Crippen LogP) is 4.14. The summed E-state index contributed by atoms with van der Waals surface area (Å²) in [5.41, 5.74) is 2.81. The van der Waals surface area contributed by atoms with E-state index in [2.05, 4.69) is 20.6 Å². The fraction of sp³-hybridized carbons (Fsp3) is 0.120. The van der Waals surface area contributed by atoms with Gasteiger partial charge in [-0.25, -0.2) is 9.97 Å². The number of carboxylic acid groups (broad SMARTS) is 1. The van der Waals surface area contributed by atoms with Crippen molar-refractivity contribution in [1.82, 2.24) is 9.97 Å². The maximum absolute atomic E-state index is 12.6. The number of amides is 1. The van der Waals surface area contributed by atoms with E-state index >= 15 is 0 Å². The molecule has 0 aliphatic heterocycles. The fourth-order valence-corrected chi connectivity index (χ4v) is 3.46. The van der Waals surface area contributed by atoms with Gasteiger partial charge in [-0.2, -0.15) is 0 Å². The lowest BCUT2D eigenvalue weighted by atomic mass is 10.1. The summed E-state index contributed by atoms with van der Waals surface area (Å²) in [7, 11) is 1.70. The van der Waals surface area contributed by atoms with E-state index in [-0.39, 0.29) is 12.3 Å². The molecule has 4 rings (SSSR count). The van der Waals surface area contributed by atoms with Crippen molar-refractivity contribution < 1.29 is 14.7 Å². The minimum Gasteiger partial charge on any atom is -0.481 e. The van der Waals surface area contributed by atoms with Crippen molar-refractivity contribution in [2.24, 2.45) is 0 Å². The molecule has 160 valence electrons. The molecule has 1 aromatic heterocycles. The van der Waals surface area contributed by atoms with Gasteiger partial charge in [0, 0.05) is 36.5 Å². The second-order valence-corrected chi connectivity index (χ2v) is 7.37. The molecule has 0 saturated heterocycles. The molecule has 0 bridgehead atoms. The molecule has 1 heterocycles. The summed E-state index contributed by atoms with van der Waals surface area (Å²) in [5, 5.41) is 16.9. The first-order chi connectivity index (χ1) is 15.5. The number of hydrogen-bond acceptors (Lipinski definition) is 5. The predicted molar refractivity (Wildman–Crippen MR) is 124 cm³/mol. The number of fused-ring (bicyclic) bond motifs is 1. The first kappa shape index (κ1) is 21.0. The minimum atomic E-state index is -0.931. The first-order valence-corrected chi connectivity index (χ1v) is 10.2. The van der Waals surface area contributed by atoms with Crippen molar-refractivity contribution in [3.8, 4) is 0 Å². The van der Waals surface area contributed by atoms with Crippen LogP contribution >= 0.6 is 0 Å². The average molecular weight is 426 g/mol. The number of aliphatic carboxylic acids is 1. The summed E-state index contributed by atoms with van der Waals surface area (Å²) in [6.07, 6.45) is 1.89. The number of benzene rings is 3. The Labute approximate surface area is 185 Å². The molecule has 7 heteroatoms. The normalized spacial score (nSPS) is 10.7. The van der Waals surface area contributed by atoms with Gasteiger partial charge in [-0.3, -0.25) is 9.59 Å². The lowest BCUT2D eigenvalue weighted by Crippen LogP contribution is -2.11. The van der Waals surface area contributed by atoms with Crippen LogP contribution in [0.2, 0.25) is 0 Å². The first-order valence-electron chi connectivity index (χ1n) is 10.2. The van der Waals surface area contributed by atoms with Crippen LogP contribution in [0.15, 0.2) is 72.9 Å². The number of aromatic nitrogens is 2. The van der Waals surface area contributed by atoms with Gasteiger partial charge in [-0.05, 0) is 40.6 Å². The highest BCUT2D eigenvalue weighted by Gasteiger charge is 2.11. The Bertz CT molecular complexity index is 1290. The van der Waals surface area contributed by atoms with Crippen LogP contribution in [0.1, 0.15) is 27.3 Å². The molecule has 0 fully saturated rings. The zero-order valence-electron chi connectivity index (χ0n) is 17.5. The zero-order chi connectivity index (χ0) is 22.5. The van der Waals surface area contributed by atoms with E-state index in [0.29, 0.717) is 34.9 Å². The third-order valence-electron chi connectivity index (χ3n) is 5.08. The lowest BCUT2D eigenvalue weighted by molar-refractivity contribution is -0.136. The summed E-state index contributed by atoms with van der Waals surface area (Å²) >= 11 is 0. The van der Waals surface area contributed by atoms with Gasteiger partial charge >= 0.3 is 5.97 Å². The summed E-state index contributed by atoms with van der Waals surface area (Å²) in [6, 6.07) is 21.0. The van der Waals surface area contributed by atoms with Crippen LogP contribution in [0.5, 0.6) is 0 Å². The van der Waals surface area contributed by atoms with Gasteiger partial charge in [0.05, 0.1) is 6.42 Å². The van der Waals surface area contributed by atoms with Crippen LogP contribution in [-0.4, -0.2) is 34.0 Å². The van der Waals surface area contributed by atoms with Crippen LogP contribution in [0, 0.1) is 0 Å². The van der Waals surface area contributed by atoms with Gasteiger partial charge in [0.25, 0.3) is 5.91 Å². The topological polar surface area (TPSA) is 104 Å². The average Bonchev–Trinajstić information content (AvgIpc) is 2.80. The molecule has 0 aliphatic carbocycles. The number of nitrogens with zero attached hydrogens (tertiary/aromatic N) is 2. The molecule has 0 aliphatic rings. The lowest BCUT2D eigenvalue weighted by Gasteiger charge is -2.09. The van der Waals surface area contributed by atoms with Gasteiger partial charge < -0.3 is 15.7 Å². The quantitative estimate of drug-likeness (QED) is 0.410. The largest absolute Gasteiger partial charge is 0.481 e. The van der Waals surface area contributed by atoms with E-state index < -0.39 is 5.97 Å². The van der Waals surface area contributed by atoms with E-state index in [9.17, 15) is 9.59 Å². The van der Waals surface area contributed by atoms with Crippen molar-refractivity contribution >= 4 is 34.2 Å². The summed E-state index contributed by atoms with van der Waals surface area (Å²) in [4.78, 5) is 32.3. The zero-order valence-corrected chi connectivity index (χ0v) is 17.5. The molecule has 0 atom stereocenters. The Hall–Kier alpha value is -4.26. The molecule has 7 nitrogen and oxygen atoms in total. The number of rotatable bonds is 7. The Morgan fingerprint density at radius 1 is 0.969 bits per heavy atom. The van der Waals surface area contributed by atoms with Crippen molar-refractivity contribution in [1.29, 1.82) is 0 Å². The number of anilines is 2. The number of carboxylic acids is 1. The Balaban J connectivity index is 1.43. The van der Waals surface area contributed by atoms with Crippen LogP contribution in [0.25, 0.3) is 10.8 Å².